The van der Waals surface area contributed by atoms with E-state index in [-0.39, 0.29) is 11.4 Å². The molecule has 1 aromatic carbocycles. The van der Waals surface area contributed by atoms with Crippen LogP contribution in [-0.2, 0) is 0 Å². The molecule has 0 aliphatic heterocycles. The molecule has 110 valence electrons. The van der Waals surface area contributed by atoms with Crippen LogP contribution >= 0.6 is 27.5 Å². The van der Waals surface area contributed by atoms with Crippen LogP contribution in [0.15, 0.2) is 22.7 Å². The predicted octanol–water partition coefficient (Wildman–Crippen LogP) is 3.74. The van der Waals surface area contributed by atoms with Gasteiger partial charge in [-0.2, -0.15) is 0 Å². The van der Waals surface area contributed by atoms with Gasteiger partial charge in [0.05, 0.1) is 10.6 Å². The highest BCUT2D eigenvalue weighted by Crippen LogP contribution is 2.33. The highest BCUT2D eigenvalue weighted by molar-refractivity contribution is 9.10. The standard InChI is InChI=1S/C15H20BrClN2O/c1-10-4-2-3-7-15(10,9-18)19-14(20)11-5-6-13(17)12(16)8-11/h5-6,8,10H,2-4,7,9,18H2,1H3,(H,19,20). The number of halogens is 2. The highest BCUT2D eigenvalue weighted by atomic mass is 79.9. The van der Waals surface area contributed by atoms with Gasteiger partial charge in [0.1, 0.15) is 0 Å². The summed E-state index contributed by atoms with van der Waals surface area (Å²) in [5, 5.41) is 3.77. The van der Waals surface area contributed by atoms with Gasteiger partial charge >= 0.3 is 0 Å². The number of carbonyl (C=O) groups excluding carboxylic acids is 1. The molecule has 0 saturated heterocycles. The molecule has 2 rings (SSSR count). The molecule has 1 aliphatic carbocycles. The van der Waals surface area contributed by atoms with Crippen LogP contribution in [0.5, 0.6) is 0 Å². The number of benzene rings is 1. The Morgan fingerprint density at radius 1 is 1.55 bits per heavy atom. The van der Waals surface area contributed by atoms with Crippen LogP contribution in [0, 0.1) is 5.92 Å². The van der Waals surface area contributed by atoms with E-state index < -0.39 is 0 Å². The molecular weight excluding hydrogens is 340 g/mol. The van der Waals surface area contributed by atoms with Crippen LogP contribution in [0.2, 0.25) is 5.02 Å². The Kier molecular flexibility index (Phi) is 5.10. The van der Waals surface area contributed by atoms with Crippen molar-refractivity contribution in [2.75, 3.05) is 6.54 Å². The fourth-order valence-corrected chi connectivity index (χ4v) is 3.39. The molecule has 1 aliphatic rings. The third kappa shape index (κ3) is 3.18. The van der Waals surface area contributed by atoms with E-state index in [0.717, 1.165) is 23.7 Å². The molecule has 1 fully saturated rings. The molecule has 0 aromatic heterocycles. The van der Waals surface area contributed by atoms with Crippen molar-refractivity contribution in [3.05, 3.63) is 33.3 Å². The number of hydrogen-bond donors (Lipinski definition) is 2. The first-order chi connectivity index (χ1) is 9.48. The van der Waals surface area contributed by atoms with E-state index >= 15 is 0 Å². The van der Waals surface area contributed by atoms with Crippen LogP contribution in [0.3, 0.4) is 0 Å². The zero-order chi connectivity index (χ0) is 14.8. The monoisotopic (exact) mass is 358 g/mol. The van der Waals surface area contributed by atoms with Gasteiger partial charge in [-0.15, -0.1) is 0 Å². The van der Waals surface area contributed by atoms with Gasteiger partial charge in [-0.05, 0) is 52.9 Å². The third-order valence-corrected chi connectivity index (χ3v) is 5.58. The minimum Gasteiger partial charge on any atom is -0.345 e. The molecule has 0 radical (unpaired) electrons. The Balaban J connectivity index is 2.18. The summed E-state index contributed by atoms with van der Waals surface area (Å²) in [5.74, 6) is 0.322. The summed E-state index contributed by atoms with van der Waals surface area (Å²) < 4.78 is 0.727. The van der Waals surface area contributed by atoms with Crippen LogP contribution in [0.25, 0.3) is 0 Å². The van der Waals surface area contributed by atoms with Gasteiger partial charge < -0.3 is 11.1 Å². The summed E-state index contributed by atoms with van der Waals surface area (Å²) >= 11 is 9.30. The van der Waals surface area contributed by atoms with Gasteiger partial charge in [-0.1, -0.05) is 31.4 Å². The van der Waals surface area contributed by atoms with Gasteiger partial charge in [0.25, 0.3) is 5.91 Å². The van der Waals surface area contributed by atoms with E-state index in [9.17, 15) is 4.79 Å². The van der Waals surface area contributed by atoms with Crippen molar-refractivity contribution in [2.45, 2.75) is 38.1 Å². The molecular formula is C15H20BrClN2O. The number of amides is 1. The Bertz CT molecular complexity index is 509. The van der Waals surface area contributed by atoms with E-state index in [4.69, 9.17) is 17.3 Å². The largest absolute Gasteiger partial charge is 0.345 e. The summed E-state index contributed by atoms with van der Waals surface area (Å²) in [6.07, 6.45) is 4.39. The zero-order valence-corrected chi connectivity index (χ0v) is 13.9. The normalized spacial score (nSPS) is 26.3. The van der Waals surface area contributed by atoms with Crippen LogP contribution in [0.1, 0.15) is 43.0 Å². The number of carbonyl (C=O) groups is 1. The van der Waals surface area contributed by atoms with Crippen molar-refractivity contribution in [1.29, 1.82) is 0 Å². The van der Waals surface area contributed by atoms with Crippen LogP contribution in [-0.4, -0.2) is 18.0 Å². The lowest BCUT2D eigenvalue weighted by atomic mass is 9.73. The molecule has 20 heavy (non-hydrogen) atoms. The van der Waals surface area contributed by atoms with E-state index in [1.165, 1.54) is 6.42 Å². The first-order valence-corrected chi connectivity index (χ1v) is 8.13. The maximum Gasteiger partial charge on any atom is 0.251 e. The molecule has 1 amide bonds. The molecule has 1 aromatic rings. The quantitative estimate of drug-likeness (QED) is 0.864. The van der Waals surface area contributed by atoms with Gasteiger partial charge in [0.2, 0.25) is 0 Å². The zero-order valence-electron chi connectivity index (χ0n) is 11.6. The van der Waals surface area contributed by atoms with E-state index in [1.54, 1.807) is 18.2 Å². The fourth-order valence-electron chi connectivity index (χ4n) is 2.89. The minimum atomic E-state index is -0.276. The van der Waals surface area contributed by atoms with Crippen molar-refractivity contribution in [2.24, 2.45) is 11.7 Å². The lowest BCUT2D eigenvalue weighted by molar-refractivity contribution is 0.0813. The second-order valence-corrected chi connectivity index (χ2v) is 6.85. The summed E-state index contributed by atoms with van der Waals surface area (Å²) in [6.45, 7) is 2.65. The van der Waals surface area contributed by atoms with E-state index in [2.05, 4.69) is 28.2 Å². The van der Waals surface area contributed by atoms with E-state index in [1.807, 2.05) is 0 Å². The van der Waals surface area contributed by atoms with Gasteiger partial charge in [-0.25, -0.2) is 0 Å². The van der Waals surface area contributed by atoms with E-state index in [0.29, 0.717) is 23.0 Å². The molecule has 3 nitrogen and oxygen atoms in total. The van der Waals surface area contributed by atoms with Crippen molar-refractivity contribution < 1.29 is 4.79 Å². The minimum absolute atomic E-state index is 0.0819. The second kappa shape index (κ2) is 6.46. The Hall–Kier alpha value is -0.580. The van der Waals surface area contributed by atoms with Crippen molar-refractivity contribution in [3.8, 4) is 0 Å². The Morgan fingerprint density at radius 3 is 2.90 bits per heavy atom. The summed E-state index contributed by atoms with van der Waals surface area (Å²) in [5.41, 5.74) is 6.29. The average Bonchev–Trinajstić information content (AvgIpc) is 2.44. The van der Waals surface area contributed by atoms with Crippen molar-refractivity contribution in [1.82, 2.24) is 5.32 Å². The first-order valence-electron chi connectivity index (χ1n) is 6.96. The van der Waals surface area contributed by atoms with Crippen LogP contribution < -0.4 is 11.1 Å². The lowest BCUT2D eigenvalue weighted by Crippen LogP contribution is -2.59. The summed E-state index contributed by atoms with van der Waals surface area (Å²) in [7, 11) is 0. The summed E-state index contributed by atoms with van der Waals surface area (Å²) in [4.78, 5) is 12.5. The first kappa shape index (κ1) is 15.8. The maximum absolute atomic E-state index is 12.5. The SMILES string of the molecule is CC1CCCCC1(CN)NC(=O)c1ccc(Cl)c(Br)c1. The Morgan fingerprint density at radius 2 is 2.30 bits per heavy atom. The molecule has 3 N–H and O–H groups in total. The second-order valence-electron chi connectivity index (χ2n) is 5.59. The molecule has 0 heterocycles. The molecule has 2 atom stereocenters. The van der Waals surface area contributed by atoms with Crippen molar-refractivity contribution in [3.63, 3.8) is 0 Å². The van der Waals surface area contributed by atoms with Gasteiger partial charge in [0.15, 0.2) is 0 Å². The predicted molar refractivity (Wildman–Crippen MR) is 86.0 cm³/mol. The lowest BCUT2D eigenvalue weighted by Gasteiger charge is -2.42. The third-order valence-electron chi connectivity index (χ3n) is 4.36. The van der Waals surface area contributed by atoms with Crippen LogP contribution in [0.4, 0.5) is 0 Å². The molecule has 0 bridgehead atoms. The van der Waals surface area contributed by atoms with Gasteiger partial charge in [-0.3, -0.25) is 4.79 Å². The molecule has 5 heteroatoms. The number of hydrogen-bond acceptors (Lipinski definition) is 2. The number of nitrogens with one attached hydrogen (secondary N) is 1. The fraction of sp³-hybridized carbons (Fsp3) is 0.533. The maximum atomic E-state index is 12.5. The van der Waals surface area contributed by atoms with Crippen molar-refractivity contribution >= 4 is 33.4 Å². The average molecular weight is 360 g/mol. The topological polar surface area (TPSA) is 55.1 Å². The number of nitrogens with two attached hydrogens (primary N) is 1. The Labute approximate surface area is 133 Å². The highest BCUT2D eigenvalue weighted by Gasteiger charge is 2.38. The number of rotatable bonds is 3. The van der Waals surface area contributed by atoms with Gasteiger partial charge in [0, 0.05) is 16.6 Å². The molecule has 2 unspecified atom stereocenters. The molecule has 0 spiro atoms. The molecule has 1 saturated carbocycles. The smallest absolute Gasteiger partial charge is 0.251 e. The summed E-state index contributed by atoms with van der Waals surface area (Å²) in [6, 6.07) is 5.20.